The molecule has 0 saturated heterocycles. The molecule has 0 spiro atoms. The van der Waals surface area contributed by atoms with Gasteiger partial charge in [0.2, 0.25) is 0 Å². The number of rotatable bonds is 10. The SMILES string of the molecule is CCCNNC(=O)/C=C/c1ccc(CN(CCC)C(=O)c2cc3ccccc3o2)cc1. The van der Waals surface area contributed by atoms with E-state index in [1.165, 1.54) is 6.08 Å². The Balaban J connectivity index is 1.64. The van der Waals surface area contributed by atoms with E-state index in [1.807, 2.05) is 62.4 Å². The van der Waals surface area contributed by atoms with E-state index in [1.54, 1.807) is 17.0 Å². The van der Waals surface area contributed by atoms with Gasteiger partial charge in [0.05, 0.1) is 0 Å². The number of benzene rings is 2. The van der Waals surface area contributed by atoms with Gasteiger partial charge in [0.15, 0.2) is 5.76 Å². The molecular weight excluding hydrogens is 390 g/mol. The van der Waals surface area contributed by atoms with Gasteiger partial charge in [-0.2, -0.15) is 0 Å². The zero-order valence-electron chi connectivity index (χ0n) is 18.1. The summed E-state index contributed by atoms with van der Waals surface area (Å²) < 4.78 is 5.76. The number of hydrazine groups is 1. The molecule has 0 saturated carbocycles. The van der Waals surface area contributed by atoms with Crippen molar-refractivity contribution < 1.29 is 14.0 Å². The summed E-state index contributed by atoms with van der Waals surface area (Å²) in [6.45, 7) is 5.95. The maximum Gasteiger partial charge on any atom is 0.289 e. The number of nitrogens with one attached hydrogen (secondary N) is 2. The molecule has 0 atom stereocenters. The van der Waals surface area contributed by atoms with E-state index in [-0.39, 0.29) is 11.8 Å². The van der Waals surface area contributed by atoms with E-state index < -0.39 is 0 Å². The van der Waals surface area contributed by atoms with Crippen LogP contribution in [-0.4, -0.2) is 29.8 Å². The van der Waals surface area contributed by atoms with Crippen molar-refractivity contribution >= 4 is 28.9 Å². The summed E-state index contributed by atoms with van der Waals surface area (Å²) in [6, 6.07) is 17.2. The smallest absolute Gasteiger partial charge is 0.289 e. The molecule has 1 heterocycles. The molecule has 0 radical (unpaired) electrons. The lowest BCUT2D eigenvalue weighted by Crippen LogP contribution is -2.36. The maximum atomic E-state index is 13.0. The largest absolute Gasteiger partial charge is 0.451 e. The van der Waals surface area contributed by atoms with Gasteiger partial charge in [-0.1, -0.05) is 56.3 Å². The second-order valence-electron chi connectivity index (χ2n) is 7.37. The first-order chi connectivity index (χ1) is 15.1. The van der Waals surface area contributed by atoms with Crippen LogP contribution in [0, 0.1) is 0 Å². The zero-order chi connectivity index (χ0) is 22.1. The first-order valence-corrected chi connectivity index (χ1v) is 10.7. The topological polar surface area (TPSA) is 74.6 Å². The maximum absolute atomic E-state index is 13.0. The van der Waals surface area contributed by atoms with Crippen molar-refractivity contribution in [2.24, 2.45) is 0 Å². The summed E-state index contributed by atoms with van der Waals surface area (Å²) in [6.07, 6.45) is 5.05. The minimum absolute atomic E-state index is 0.113. The summed E-state index contributed by atoms with van der Waals surface area (Å²) in [5.74, 6) is 0.0539. The van der Waals surface area contributed by atoms with Crippen molar-refractivity contribution in [3.8, 4) is 0 Å². The van der Waals surface area contributed by atoms with Crippen LogP contribution in [0.1, 0.15) is 48.4 Å². The summed E-state index contributed by atoms with van der Waals surface area (Å²) in [5.41, 5.74) is 8.11. The third-order valence-electron chi connectivity index (χ3n) is 4.78. The molecule has 2 aromatic carbocycles. The highest BCUT2D eigenvalue weighted by Gasteiger charge is 2.19. The van der Waals surface area contributed by atoms with Gasteiger partial charge in [0.1, 0.15) is 5.58 Å². The molecule has 6 heteroatoms. The molecule has 0 aliphatic carbocycles. The molecule has 2 N–H and O–H groups in total. The molecule has 0 unspecified atom stereocenters. The number of para-hydroxylation sites is 1. The second kappa shape index (κ2) is 11.1. The van der Waals surface area contributed by atoms with Crippen molar-refractivity contribution in [1.29, 1.82) is 0 Å². The molecule has 0 aliphatic heterocycles. The van der Waals surface area contributed by atoms with Gasteiger partial charge in [0, 0.05) is 31.1 Å². The minimum Gasteiger partial charge on any atom is -0.451 e. The van der Waals surface area contributed by atoms with Crippen molar-refractivity contribution in [3.63, 3.8) is 0 Å². The standard InChI is InChI=1S/C25H29N3O3/c1-3-15-26-27-24(29)14-13-19-9-11-20(12-10-19)18-28(16-4-2)25(30)23-17-21-7-5-6-8-22(21)31-23/h5-14,17,26H,3-4,15-16,18H2,1-2H3,(H,27,29)/b14-13+. The zero-order valence-corrected chi connectivity index (χ0v) is 18.1. The van der Waals surface area contributed by atoms with Crippen molar-refractivity contribution in [3.05, 3.63) is 77.6 Å². The highest BCUT2D eigenvalue weighted by Crippen LogP contribution is 2.21. The van der Waals surface area contributed by atoms with Crippen LogP contribution in [0.4, 0.5) is 0 Å². The summed E-state index contributed by atoms with van der Waals surface area (Å²) in [5, 5.41) is 0.923. The van der Waals surface area contributed by atoms with Crippen LogP contribution in [0.25, 0.3) is 17.0 Å². The highest BCUT2D eigenvalue weighted by atomic mass is 16.3. The molecule has 3 aromatic rings. The fourth-order valence-electron chi connectivity index (χ4n) is 3.21. The molecule has 0 fully saturated rings. The first-order valence-electron chi connectivity index (χ1n) is 10.7. The van der Waals surface area contributed by atoms with E-state index in [2.05, 4.69) is 10.9 Å². The lowest BCUT2D eigenvalue weighted by atomic mass is 10.1. The first kappa shape index (κ1) is 22.3. The van der Waals surface area contributed by atoms with Crippen molar-refractivity contribution in [1.82, 2.24) is 15.8 Å². The normalized spacial score (nSPS) is 11.2. The number of fused-ring (bicyclic) bond motifs is 1. The summed E-state index contributed by atoms with van der Waals surface area (Å²) >= 11 is 0. The van der Waals surface area contributed by atoms with Gasteiger partial charge in [0.25, 0.3) is 11.8 Å². The van der Waals surface area contributed by atoms with E-state index in [4.69, 9.17) is 4.42 Å². The van der Waals surface area contributed by atoms with E-state index in [0.29, 0.717) is 24.4 Å². The Morgan fingerprint density at radius 1 is 1.03 bits per heavy atom. The van der Waals surface area contributed by atoms with Crippen LogP contribution in [0.5, 0.6) is 0 Å². The van der Waals surface area contributed by atoms with Gasteiger partial charge < -0.3 is 9.32 Å². The lowest BCUT2D eigenvalue weighted by molar-refractivity contribution is -0.117. The van der Waals surface area contributed by atoms with E-state index >= 15 is 0 Å². The van der Waals surface area contributed by atoms with Gasteiger partial charge >= 0.3 is 0 Å². The molecule has 1 aromatic heterocycles. The molecule has 162 valence electrons. The summed E-state index contributed by atoms with van der Waals surface area (Å²) in [7, 11) is 0. The van der Waals surface area contributed by atoms with Crippen LogP contribution in [0.15, 0.2) is 65.1 Å². The number of furan rings is 1. The quantitative estimate of drug-likeness (QED) is 0.288. The molecule has 0 bridgehead atoms. The van der Waals surface area contributed by atoms with Crippen LogP contribution < -0.4 is 10.9 Å². The Morgan fingerprint density at radius 3 is 2.52 bits per heavy atom. The molecule has 31 heavy (non-hydrogen) atoms. The third kappa shape index (κ3) is 6.30. The molecule has 2 amide bonds. The Labute approximate surface area is 182 Å². The lowest BCUT2D eigenvalue weighted by Gasteiger charge is -2.21. The third-order valence-corrected chi connectivity index (χ3v) is 4.78. The summed E-state index contributed by atoms with van der Waals surface area (Å²) in [4.78, 5) is 26.6. The molecule has 6 nitrogen and oxygen atoms in total. The number of hydrogen-bond donors (Lipinski definition) is 2. The monoisotopic (exact) mass is 419 g/mol. The number of carbonyl (C=O) groups excluding carboxylic acids is 2. The number of nitrogens with zero attached hydrogens (tertiary/aromatic N) is 1. The van der Waals surface area contributed by atoms with Gasteiger partial charge in [-0.15, -0.1) is 0 Å². The average molecular weight is 420 g/mol. The van der Waals surface area contributed by atoms with E-state index in [0.717, 1.165) is 35.9 Å². The van der Waals surface area contributed by atoms with Gasteiger partial charge in [-0.05, 0) is 42.2 Å². The van der Waals surface area contributed by atoms with Crippen LogP contribution in [-0.2, 0) is 11.3 Å². The molecular formula is C25H29N3O3. The predicted octanol–water partition coefficient (Wildman–Crippen LogP) is 4.53. The van der Waals surface area contributed by atoms with Crippen molar-refractivity contribution in [2.45, 2.75) is 33.2 Å². The predicted molar refractivity (Wildman–Crippen MR) is 123 cm³/mol. The second-order valence-corrected chi connectivity index (χ2v) is 7.37. The van der Waals surface area contributed by atoms with Crippen molar-refractivity contribution in [2.75, 3.05) is 13.1 Å². The Bertz CT molecular complexity index is 1000. The molecule has 3 rings (SSSR count). The Hall–Kier alpha value is -3.38. The molecule has 0 aliphatic rings. The highest BCUT2D eigenvalue weighted by molar-refractivity contribution is 5.96. The Kier molecular flexibility index (Phi) is 8.01. The number of amides is 2. The van der Waals surface area contributed by atoms with Crippen LogP contribution >= 0.6 is 0 Å². The fraction of sp³-hybridized carbons (Fsp3) is 0.280. The number of carbonyl (C=O) groups is 2. The average Bonchev–Trinajstić information content (AvgIpc) is 3.22. The van der Waals surface area contributed by atoms with Crippen LogP contribution in [0.3, 0.4) is 0 Å². The fourth-order valence-corrected chi connectivity index (χ4v) is 3.21. The van der Waals surface area contributed by atoms with Gasteiger partial charge in [-0.25, -0.2) is 5.43 Å². The van der Waals surface area contributed by atoms with Crippen LogP contribution in [0.2, 0.25) is 0 Å². The number of hydrogen-bond acceptors (Lipinski definition) is 4. The van der Waals surface area contributed by atoms with E-state index in [9.17, 15) is 9.59 Å². The van der Waals surface area contributed by atoms with Gasteiger partial charge in [-0.3, -0.25) is 15.0 Å². The minimum atomic E-state index is -0.192. The Morgan fingerprint density at radius 2 is 1.81 bits per heavy atom.